The second kappa shape index (κ2) is 5.29. The third kappa shape index (κ3) is 3.15. The van der Waals surface area contributed by atoms with Crippen molar-refractivity contribution in [1.82, 2.24) is 0 Å². The van der Waals surface area contributed by atoms with Crippen molar-refractivity contribution in [2.24, 2.45) is 0 Å². The van der Waals surface area contributed by atoms with E-state index in [0.717, 1.165) is 19.8 Å². The monoisotopic (exact) mass is 314 g/mol. The molecule has 0 spiro atoms. The molecule has 4 heteroatoms. The minimum absolute atomic E-state index is 0.252. The normalized spacial score (nSPS) is 12.7. The van der Waals surface area contributed by atoms with Gasteiger partial charge in [0.25, 0.3) is 0 Å². The molecule has 2 aromatic rings. The molecule has 1 nitrogen and oxygen atoms in total. The van der Waals surface area contributed by atoms with Gasteiger partial charge in [-0.05, 0) is 46.6 Å². The SMILES string of the molecule is Cc1sc(C(O)Cc2ccc(F)cc2)cc1Br. The van der Waals surface area contributed by atoms with Crippen molar-refractivity contribution >= 4 is 27.3 Å². The van der Waals surface area contributed by atoms with Crippen LogP contribution in [0.25, 0.3) is 0 Å². The average molecular weight is 315 g/mol. The number of aliphatic hydroxyl groups excluding tert-OH is 1. The molecule has 2 rings (SSSR count). The van der Waals surface area contributed by atoms with Crippen LogP contribution in [0.4, 0.5) is 4.39 Å². The number of aryl methyl sites for hydroxylation is 1. The lowest BCUT2D eigenvalue weighted by molar-refractivity contribution is 0.182. The maximum absolute atomic E-state index is 12.7. The third-order valence-electron chi connectivity index (χ3n) is 2.55. The molecule has 1 heterocycles. The van der Waals surface area contributed by atoms with Crippen LogP contribution < -0.4 is 0 Å². The number of hydrogen-bond acceptors (Lipinski definition) is 2. The highest BCUT2D eigenvalue weighted by molar-refractivity contribution is 9.10. The van der Waals surface area contributed by atoms with E-state index in [2.05, 4.69) is 15.9 Å². The Hall–Kier alpha value is -0.710. The van der Waals surface area contributed by atoms with Crippen LogP contribution in [-0.2, 0) is 6.42 Å². The summed E-state index contributed by atoms with van der Waals surface area (Å²) in [6, 6.07) is 8.17. The summed E-state index contributed by atoms with van der Waals surface area (Å²) in [6.07, 6.45) is -0.0254. The van der Waals surface area contributed by atoms with Gasteiger partial charge in [-0.15, -0.1) is 11.3 Å². The van der Waals surface area contributed by atoms with Crippen LogP contribution in [-0.4, -0.2) is 5.11 Å². The minimum Gasteiger partial charge on any atom is -0.387 e. The van der Waals surface area contributed by atoms with Gasteiger partial charge >= 0.3 is 0 Å². The van der Waals surface area contributed by atoms with Gasteiger partial charge < -0.3 is 5.11 Å². The maximum atomic E-state index is 12.7. The summed E-state index contributed by atoms with van der Waals surface area (Å²) < 4.78 is 13.8. The first-order chi connectivity index (χ1) is 8.06. The summed E-state index contributed by atoms with van der Waals surface area (Å²) in [7, 11) is 0. The fourth-order valence-corrected chi connectivity index (χ4v) is 3.14. The van der Waals surface area contributed by atoms with Crippen molar-refractivity contribution in [3.05, 3.63) is 55.9 Å². The molecule has 0 saturated heterocycles. The zero-order valence-electron chi connectivity index (χ0n) is 9.28. The highest BCUT2D eigenvalue weighted by Crippen LogP contribution is 2.31. The van der Waals surface area contributed by atoms with Gasteiger partial charge in [0.15, 0.2) is 0 Å². The molecular weight excluding hydrogens is 303 g/mol. The molecule has 0 bridgehead atoms. The summed E-state index contributed by atoms with van der Waals surface area (Å²) in [6.45, 7) is 2.00. The fraction of sp³-hybridized carbons (Fsp3) is 0.231. The van der Waals surface area contributed by atoms with Crippen molar-refractivity contribution in [3.63, 3.8) is 0 Å². The summed E-state index contributed by atoms with van der Waals surface area (Å²) >= 11 is 5.00. The Morgan fingerprint density at radius 1 is 1.35 bits per heavy atom. The first-order valence-corrected chi connectivity index (χ1v) is 6.85. The number of hydrogen-bond donors (Lipinski definition) is 1. The molecule has 90 valence electrons. The fourth-order valence-electron chi connectivity index (χ4n) is 1.59. The molecule has 1 aromatic heterocycles. The van der Waals surface area contributed by atoms with Gasteiger partial charge in [-0.1, -0.05) is 12.1 Å². The number of thiophene rings is 1. The van der Waals surface area contributed by atoms with E-state index in [0.29, 0.717) is 6.42 Å². The molecule has 0 amide bonds. The molecule has 0 aliphatic carbocycles. The molecule has 1 unspecified atom stereocenters. The third-order valence-corrected chi connectivity index (χ3v) is 4.78. The first kappa shape index (κ1) is 12.7. The average Bonchev–Trinajstić information content (AvgIpc) is 2.63. The number of halogens is 2. The van der Waals surface area contributed by atoms with Crippen LogP contribution in [0.1, 0.15) is 21.4 Å². The summed E-state index contributed by atoms with van der Waals surface area (Å²) in [4.78, 5) is 2.08. The zero-order chi connectivity index (χ0) is 12.4. The van der Waals surface area contributed by atoms with E-state index in [4.69, 9.17) is 0 Å². The van der Waals surface area contributed by atoms with E-state index < -0.39 is 6.10 Å². The second-order valence-electron chi connectivity index (χ2n) is 3.90. The number of aliphatic hydroxyl groups is 1. The molecule has 0 saturated carbocycles. The van der Waals surface area contributed by atoms with Gasteiger partial charge in [0.1, 0.15) is 5.82 Å². The van der Waals surface area contributed by atoms with E-state index in [-0.39, 0.29) is 5.82 Å². The molecule has 1 aromatic carbocycles. The van der Waals surface area contributed by atoms with Crippen LogP contribution >= 0.6 is 27.3 Å². The molecule has 1 N–H and O–H groups in total. The van der Waals surface area contributed by atoms with E-state index in [1.54, 1.807) is 23.5 Å². The standard InChI is InChI=1S/C13H12BrFOS/c1-8-11(14)7-13(17-8)12(16)6-9-2-4-10(15)5-3-9/h2-5,7,12,16H,6H2,1H3. The van der Waals surface area contributed by atoms with Gasteiger partial charge in [-0.3, -0.25) is 0 Å². The Balaban J connectivity index is 2.11. The highest BCUT2D eigenvalue weighted by Gasteiger charge is 2.13. The Kier molecular flexibility index (Phi) is 3.97. The molecule has 1 atom stereocenters. The molecule has 0 aliphatic rings. The van der Waals surface area contributed by atoms with Crippen LogP contribution in [0, 0.1) is 12.7 Å². The zero-order valence-corrected chi connectivity index (χ0v) is 11.7. The minimum atomic E-state index is -0.532. The molecule has 0 aliphatic heterocycles. The molecule has 17 heavy (non-hydrogen) atoms. The van der Waals surface area contributed by atoms with E-state index in [1.165, 1.54) is 12.1 Å². The second-order valence-corrected chi connectivity index (χ2v) is 6.04. The quantitative estimate of drug-likeness (QED) is 0.898. The molecular formula is C13H12BrFOS. The van der Waals surface area contributed by atoms with Gasteiger partial charge in [0.05, 0.1) is 6.10 Å². The van der Waals surface area contributed by atoms with E-state index in [9.17, 15) is 9.50 Å². The van der Waals surface area contributed by atoms with Crippen LogP contribution in [0.3, 0.4) is 0 Å². The Morgan fingerprint density at radius 3 is 2.53 bits per heavy atom. The Morgan fingerprint density at radius 2 is 2.00 bits per heavy atom. The van der Waals surface area contributed by atoms with Gasteiger partial charge in [0, 0.05) is 20.6 Å². The summed E-state index contributed by atoms with van der Waals surface area (Å²) in [5.74, 6) is -0.252. The lowest BCUT2D eigenvalue weighted by atomic mass is 10.1. The largest absolute Gasteiger partial charge is 0.387 e. The van der Waals surface area contributed by atoms with Crippen molar-refractivity contribution in [2.75, 3.05) is 0 Å². The number of benzene rings is 1. The Bertz CT molecular complexity index is 487. The highest BCUT2D eigenvalue weighted by atomic mass is 79.9. The summed E-state index contributed by atoms with van der Waals surface area (Å²) in [5, 5.41) is 10.1. The van der Waals surface area contributed by atoms with Crippen molar-refractivity contribution in [2.45, 2.75) is 19.4 Å². The van der Waals surface area contributed by atoms with Crippen LogP contribution in [0.2, 0.25) is 0 Å². The van der Waals surface area contributed by atoms with Crippen molar-refractivity contribution in [1.29, 1.82) is 0 Å². The summed E-state index contributed by atoms with van der Waals surface area (Å²) in [5.41, 5.74) is 0.932. The first-order valence-electron chi connectivity index (χ1n) is 5.24. The Labute approximate surface area is 112 Å². The van der Waals surface area contributed by atoms with Crippen molar-refractivity contribution < 1.29 is 9.50 Å². The predicted octanol–water partition coefficient (Wildman–Crippen LogP) is 4.23. The van der Waals surface area contributed by atoms with E-state index in [1.807, 2.05) is 13.0 Å². The van der Waals surface area contributed by atoms with Gasteiger partial charge in [0.2, 0.25) is 0 Å². The van der Waals surface area contributed by atoms with Gasteiger partial charge in [-0.25, -0.2) is 4.39 Å². The van der Waals surface area contributed by atoms with Crippen LogP contribution in [0.15, 0.2) is 34.8 Å². The molecule has 0 fully saturated rings. The van der Waals surface area contributed by atoms with E-state index >= 15 is 0 Å². The smallest absolute Gasteiger partial charge is 0.123 e. The predicted molar refractivity (Wildman–Crippen MR) is 71.8 cm³/mol. The van der Waals surface area contributed by atoms with Crippen LogP contribution in [0.5, 0.6) is 0 Å². The lowest BCUT2D eigenvalue weighted by Gasteiger charge is -2.08. The van der Waals surface area contributed by atoms with Gasteiger partial charge in [-0.2, -0.15) is 0 Å². The topological polar surface area (TPSA) is 20.2 Å². The number of rotatable bonds is 3. The molecule has 0 radical (unpaired) electrons. The lowest BCUT2D eigenvalue weighted by Crippen LogP contribution is -1.99. The van der Waals surface area contributed by atoms with Crippen molar-refractivity contribution in [3.8, 4) is 0 Å². The maximum Gasteiger partial charge on any atom is 0.123 e.